The van der Waals surface area contributed by atoms with Crippen molar-refractivity contribution in [1.29, 1.82) is 0 Å². The molecule has 0 fully saturated rings. The van der Waals surface area contributed by atoms with Crippen molar-refractivity contribution in [3.63, 3.8) is 0 Å². The van der Waals surface area contributed by atoms with Gasteiger partial charge in [-0.25, -0.2) is 4.79 Å². The van der Waals surface area contributed by atoms with Crippen LogP contribution in [0.15, 0.2) is 101 Å². The summed E-state index contributed by atoms with van der Waals surface area (Å²) in [6, 6.07) is 25.0. The predicted octanol–water partition coefficient (Wildman–Crippen LogP) is 4.76. The lowest BCUT2D eigenvalue weighted by Crippen LogP contribution is -2.28. The molecule has 33 heavy (non-hydrogen) atoms. The lowest BCUT2D eigenvalue weighted by molar-refractivity contribution is -0.144. The number of ether oxygens (including phenoxy) is 1. The van der Waals surface area contributed by atoms with Gasteiger partial charge in [0.05, 0.1) is 11.4 Å². The highest BCUT2D eigenvalue weighted by Gasteiger charge is 2.15. The number of nitrogens with one attached hydrogen (secondary N) is 2. The standard InChI is InChI=1S/C25H22N4O4/c1-18(30)26-23(16-19-8-4-2-5-9-19)25(32)33-17-24(31)27-20-12-14-22(15-13-20)29-28-21-10-6-3-7-11-21/h2-16H,17H2,1H3,(H,26,30)(H,27,31)/b23-16-,29-28?. The number of carbonyl (C=O) groups is 3. The average Bonchev–Trinajstić information content (AvgIpc) is 2.83. The first-order valence-electron chi connectivity index (χ1n) is 10.1. The lowest BCUT2D eigenvalue weighted by atomic mass is 10.2. The highest BCUT2D eigenvalue weighted by Crippen LogP contribution is 2.20. The Morgan fingerprint density at radius 2 is 1.39 bits per heavy atom. The van der Waals surface area contributed by atoms with Crippen molar-refractivity contribution < 1.29 is 19.1 Å². The predicted molar refractivity (Wildman–Crippen MR) is 125 cm³/mol. The van der Waals surface area contributed by atoms with Gasteiger partial charge >= 0.3 is 5.97 Å². The highest BCUT2D eigenvalue weighted by atomic mass is 16.5. The van der Waals surface area contributed by atoms with Crippen molar-refractivity contribution >= 4 is 40.9 Å². The van der Waals surface area contributed by atoms with Crippen molar-refractivity contribution in [2.75, 3.05) is 11.9 Å². The van der Waals surface area contributed by atoms with Crippen LogP contribution in [0.4, 0.5) is 17.1 Å². The van der Waals surface area contributed by atoms with Crippen molar-refractivity contribution in [1.82, 2.24) is 5.32 Å². The molecule has 3 aromatic carbocycles. The summed E-state index contributed by atoms with van der Waals surface area (Å²) in [4.78, 5) is 36.0. The zero-order chi connectivity index (χ0) is 23.5. The van der Waals surface area contributed by atoms with Crippen molar-refractivity contribution in [3.05, 3.63) is 96.2 Å². The van der Waals surface area contributed by atoms with Gasteiger partial charge in [-0.1, -0.05) is 48.5 Å². The van der Waals surface area contributed by atoms with Crippen LogP contribution in [0.3, 0.4) is 0 Å². The quantitative estimate of drug-likeness (QED) is 0.298. The maximum absolute atomic E-state index is 12.4. The Balaban J connectivity index is 1.54. The molecule has 0 heterocycles. The van der Waals surface area contributed by atoms with E-state index in [2.05, 4.69) is 20.9 Å². The van der Waals surface area contributed by atoms with Crippen molar-refractivity contribution in [2.24, 2.45) is 10.2 Å². The van der Waals surface area contributed by atoms with E-state index in [0.29, 0.717) is 16.9 Å². The first-order chi connectivity index (χ1) is 16.0. The number of rotatable bonds is 8. The second-order valence-corrected chi connectivity index (χ2v) is 6.86. The monoisotopic (exact) mass is 442 g/mol. The summed E-state index contributed by atoms with van der Waals surface area (Å²) in [5.74, 6) is -1.77. The molecular formula is C25H22N4O4. The van der Waals surface area contributed by atoms with Gasteiger partial charge in [0, 0.05) is 12.6 Å². The molecule has 0 aromatic heterocycles. The second-order valence-electron chi connectivity index (χ2n) is 6.86. The Labute approximate surface area is 191 Å². The van der Waals surface area contributed by atoms with E-state index in [1.807, 2.05) is 36.4 Å². The molecule has 0 aliphatic heterocycles. The first-order valence-corrected chi connectivity index (χ1v) is 10.1. The Morgan fingerprint density at radius 1 is 0.818 bits per heavy atom. The van der Waals surface area contributed by atoms with Crippen LogP contribution in [0.25, 0.3) is 6.08 Å². The van der Waals surface area contributed by atoms with E-state index in [-0.39, 0.29) is 5.70 Å². The maximum atomic E-state index is 12.4. The molecule has 0 saturated heterocycles. The summed E-state index contributed by atoms with van der Waals surface area (Å²) < 4.78 is 5.06. The van der Waals surface area contributed by atoms with E-state index >= 15 is 0 Å². The summed E-state index contributed by atoms with van der Waals surface area (Å²) >= 11 is 0. The molecular weight excluding hydrogens is 420 g/mol. The van der Waals surface area contributed by atoms with Crippen LogP contribution in [-0.4, -0.2) is 24.4 Å². The Kier molecular flexibility index (Phi) is 8.19. The number of amides is 2. The van der Waals surface area contributed by atoms with Gasteiger partial charge in [0.25, 0.3) is 5.91 Å². The molecule has 0 saturated carbocycles. The van der Waals surface area contributed by atoms with Gasteiger partial charge in [-0.15, -0.1) is 0 Å². The van der Waals surface area contributed by atoms with E-state index in [1.165, 1.54) is 13.0 Å². The van der Waals surface area contributed by atoms with Crippen LogP contribution in [0.1, 0.15) is 12.5 Å². The number of carbonyl (C=O) groups excluding carboxylic acids is 3. The molecule has 2 amide bonds. The summed E-state index contributed by atoms with van der Waals surface area (Å²) in [5, 5.41) is 13.3. The lowest BCUT2D eigenvalue weighted by Gasteiger charge is -2.10. The van der Waals surface area contributed by atoms with Crippen molar-refractivity contribution in [3.8, 4) is 0 Å². The summed E-state index contributed by atoms with van der Waals surface area (Å²) in [5.41, 5.74) is 2.50. The molecule has 0 aliphatic carbocycles. The number of benzene rings is 3. The summed E-state index contributed by atoms with van der Waals surface area (Å²) in [6.45, 7) is 0.766. The van der Waals surface area contributed by atoms with Crippen LogP contribution < -0.4 is 10.6 Å². The maximum Gasteiger partial charge on any atom is 0.355 e. The topological polar surface area (TPSA) is 109 Å². The number of anilines is 1. The Morgan fingerprint density at radius 3 is 2.00 bits per heavy atom. The molecule has 2 N–H and O–H groups in total. The third kappa shape index (κ3) is 7.87. The zero-order valence-corrected chi connectivity index (χ0v) is 17.9. The fraction of sp³-hybridized carbons (Fsp3) is 0.0800. The average molecular weight is 442 g/mol. The van der Waals surface area contributed by atoms with Crippen molar-refractivity contribution in [2.45, 2.75) is 6.92 Å². The smallest absolute Gasteiger partial charge is 0.355 e. The number of nitrogens with zero attached hydrogens (tertiary/aromatic N) is 2. The fourth-order valence-corrected chi connectivity index (χ4v) is 2.68. The number of hydrogen-bond donors (Lipinski definition) is 2. The number of azo groups is 1. The second kappa shape index (κ2) is 11.7. The SMILES string of the molecule is CC(=O)N/C(=C\c1ccccc1)C(=O)OCC(=O)Nc1ccc(N=Nc2ccccc2)cc1. The zero-order valence-electron chi connectivity index (χ0n) is 17.9. The molecule has 0 spiro atoms. The highest BCUT2D eigenvalue weighted by molar-refractivity contribution is 5.99. The molecule has 8 heteroatoms. The van der Waals surface area contributed by atoms with Gasteiger partial charge in [0.2, 0.25) is 5.91 Å². The molecule has 3 aromatic rings. The van der Waals surface area contributed by atoms with Gasteiger partial charge in [-0.3, -0.25) is 9.59 Å². The number of hydrogen-bond acceptors (Lipinski definition) is 6. The van der Waals surface area contributed by atoms with Crippen LogP contribution in [0.2, 0.25) is 0 Å². The molecule has 8 nitrogen and oxygen atoms in total. The minimum absolute atomic E-state index is 0.0605. The van der Waals surface area contributed by atoms with Crippen LogP contribution in [0, 0.1) is 0 Å². The third-order valence-electron chi connectivity index (χ3n) is 4.16. The van der Waals surface area contributed by atoms with Crippen LogP contribution in [-0.2, 0) is 19.1 Å². The molecule has 0 unspecified atom stereocenters. The van der Waals surface area contributed by atoms with Gasteiger partial charge < -0.3 is 15.4 Å². The van der Waals surface area contributed by atoms with Gasteiger partial charge in [0.15, 0.2) is 6.61 Å². The van der Waals surface area contributed by atoms with Crippen LogP contribution in [0.5, 0.6) is 0 Å². The molecule has 166 valence electrons. The number of esters is 1. The Bertz CT molecular complexity index is 1160. The molecule has 0 radical (unpaired) electrons. The third-order valence-corrected chi connectivity index (χ3v) is 4.16. The van der Waals surface area contributed by atoms with E-state index in [1.54, 1.807) is 48.5 Å². The van der Waals surface area contributed by atoms with Gasteiger partial charge in [-0.05, 0) is 48.0 Å². The van der Waals surface area contributed by atoms with E-state index in [4.69, 9.17) is 4.74 Å². The summed E-state index contributed by atoms with van der Waals surface area (Å²) in [6.07, 6.45) is 1.48. The van der Waals surface area contributed by atoms with E-state index in [9.17, 15) is 14.4 Å². The Hall–Kier alpha value is -4.59. The first kappa shape index (κ1) is 23.1. The van der Waals surface area contributed by atoms with Gasteiger partial charge in [0.1, 0.15) is 5.70 Å². The molecule has 0 bridgehead atoms. The molecule has 0 atom stereocenters. The van der Waals surface area contributed by atoms with E-state index < -0.39 is 24.4 Å². The molecule has 3 rings (SSSR count). The largest absolute Gasteiger partial charge is 0.451 e. The summed E-state index contributed by atoms with van der Waals surface area (Å²) in [7, 11) is 0. The van der Waals surface area contributed by atoms with Gasteiger partial charge in [-0.2, -0.15) is 10.2 Å². The normalized spacial score (nSPS) is 11.1. The minimum Gasteiger partial charge on any atom is -0.451 e. The molecule has 0 aliphatic rings. The van der Waals surface area contributed by atoms with E-state index in [0.717, 1.165) is 5.69 Å². The van der Waals surface area contributed by atoms with Crippen LogP contribution >= 0.6 is 0 Å². The fourth-order valence-electron chi connectivity index (χ4n) is 2.68. The minimum atomic E-state index is -0.819.